The van der Waals surface area contributed by atoms with Crippen LogP contribution in [-0.2, 0) is 13.2 Å². The van der Waals surface area contributed by atoms with Crippen molar-refractivity contribution in [1.29, 1.82) is 0 Å². The van der Waals surface area contributed by atoms with Crippen LogP contribution in [0, 0.1) is 0 Å². The van der Waals surface area contributed by atoms with Crippen molar-refractivity contribution in [3.05, 3.63) is 87.4 Å². The maximum Gasteiger partial charge on any atom is 0.161 e. The van der Waals surface area contributed by atoms with Crippen molar-refractivity contribution in [2.75, 3.05) is 11.9 Å². The van der Waals surface area contributed by atoms with E-state index in [1.807, 2.05) is 73.7 Å². The van der Waals surface area contributed by atoms with Crippen LogP contribution in [0.4, 0.5) is 5.69 Å². The quantitative estimate of drug-likeness (QED) is 0.418. The third kappa shape index (κ3) is 5.65. The Bertz CT molecular complexity index is 884. The highest BCUT2D eigenvalue weighted by molar-refractivity contribution is 9.10. The molecule has 3 aromatic rings. The lowest BCUT2D eigenvalue weighted by Crippen LogP contribution is -2.03. The summed E-state index contributed by atoms with van der Waals surface area (Å²) in [5.41, 5.74) is 3.13. The second-order valence-electron chi connectivity index (χ2n) is 5.95. The molecule has 27 heavy (non-hydrogen) atoms. The SMILES string of the molecule is CCOc1cc(CNc2ccc(Br)cc2)ccc1OCc1ccccc1Cl. The summed E-state index contributed by atoms with van der Waals surface area (Å²) in [6.45, 7) is 3.64. The van der Waals surface area contributed by atoms with E-state index < -0.39 is 0 Å². The first-order valence-electron chi connectivity index (χ1n) is 8.77. The molecule has 0 fully saturated rings. The van der Waals surface area contributed by atoms with Crippen LogP contribution in [0.1, 0.15) is 18.1 Å². The van der Waals surface area contributed by atoms with Gasteiger partial charge in [0.15, 0.2) is 11.5 Å². The molecule has 3 aromatic carbocycles. The lowest BCUT2D eigenvalue weighted by atomic mass is 10.2. The van der Waals surface area contributed by atoms with Crippen molar-refractivity contribution in [3.63, 3.8) is 0 Å². The van der Waals surface area contributed by atoms with Gasteiger partial charge in [0.1, 0.15) is 6.61 Å². The molecule has 0 unspecified atom stereocenters. The number of rotatable bonds is 8. The Morgan fingerprint density at radius 1 is 0.926 bits per heavy atom. The zero-order valence-electron chi connectivity index (χ0n) is 15.0. The summed E-state index contributed by atoms with van der Waals surface area (Å²) in [5.74, 6) is 1.45. The van der Waals surface area contributed by atoms with E-state index in [2.05, 4.69) is 21.2 Å². The number of anilines is 1. The highest BCUT2D eigenvalue weighted by Crippen LogP contribution is 2.30. The normalized spacial score (nSPS) is 10.5. The van der Waals surface area contributed by atoms with Gasteiger partial charge in [0.2, 0.25) is 0 Å². The van der Waals surface area contributed by atoms with Crippen LogP contribution in [0.5, 0.6) is 11.5 Å². The number of benzene rings is 3. The fourth-order valence-electron chi connectivity index (χ4n) is 2.59. The van der Waals surface area contributed by atoms with Gasteiger partial charge in [-0.3, -0.25) is 0 Å². The van der Waals surface area contributed by atoms with Gasteiger partial charge in [-0.25, -0.2) is 0 Å². The summed E-state index contributed by atoms with van der Waals surface area (Å²) in [5, 5.41) is 4.11. The van der Waals surface area contributed by atoms with Crippen molar-refractivity contribution < 1.29 is 9.47 Å². The van der Waals surface area contributed by atoms with Crippen molar-refractivity contribution in [2.45, 2.75) is 20.1 Å². The van der Waals surface area contributed by atoms with Crippen molar-refractivity contribution in [2.24, 2.45) is 0 Å². The third-order valence-corrected chi connectivity index (χ3v) is 4.89. The van der Waals surface area contributed by atoms with E-state index in [1.165, 1.54) is 0 Å². The van der Waals surface area contributed by atoms with Gasteiger partial charge < -0.3 is 14.8 Å². The lowest BCUT2D eigenvalue weighted by Gasteiger charge is -2.14. The molecule has 0 radical (unpaired) electrons. The van der Waals surface area contributed by atoms with Crippen molar-refractivity contribution in [3.8, 4) is 11.5 Å². The molecule has 0 heterocycles. The van der Waals surface area contributed by atoms with Gasteiger partial charge in [0, 0.05) is 27.3 Å². The van der Waals surface area contributed by atoms with E-state index in [0.29, 0.717) is 30.5 Å². The summed E-state index contributed by atoms with van der Waals surface area (Å²) in [4.78, 5) is 0. The van der Waals surface area contributed by atoms with Gasteiger partial charge in [-0.15, -0.1) is 0 Å². The molecule has 0 aliphatic carbocycles. The summed E-state index contributed by atoms with van der Waals surface area (Å²) >= 11 is 9.65. The Morgan fingerprint density at radius 3 is 2.44 bits per heavy atom. The largest absolute Gasteiger partial charge is 0.490 e. The molecule has 1 N–H and O–H groups in total. The molecular formula is C22H21BrClNO2. The van der Waals surface area contributed by atoms with Crippen LogP contribution in [0.25, 0.3) is 0 Å². The Labute approximate surface area is 173 Å². The molecule has 0 aromatic heterocycles. The van der Waals surface area contributed by atoms with Gasteiger partial charge in [0.25, 0.3) is 0 Å². The Morgan fingerprint density at radius 2 is 1.70 bits per heavy atom. The molecule has 0 atom stereocenters. The summed E-state index contributed by atoms with van der Waals surface area (Å²) in [6.07, 6.45) is 0. The van der Waals surface area contributed by atoms with Crippen molar-refractivity contribution in [1.82, 2.24) is 0 Å². The van der Waals surface area contributed by atoms with Gasteiger partial charge in [-0.2, -0.15) is 0 Å². The van der Waals surface area contributed by atoms with E-state index >= 15 is 0 Å². The van der Waals surface area contributed by atoms with E-state index in [4.69, 9.17) is 21.1 Å². The minimum atomic E-state index is 0.399. The molecule has 0 saturated heterocycles. The Kier molecular flexibility index (Phi) is 7.02. The lowest BCUT2D eigenvalue weighted by molar-refractivity contribution is 0.269. The molecule has 140 valence electrons. The standard InChI is InChI=1S/C22H21BrClNO2/c1-2-26-22-13-16(14-25-19-10-8-18(23)9-11-19)7-12-21(22)27-15-17-5-3-4-6-20(17)24/h3-13,25H,2,14-15H2,1H3. The van der Waals surface area contributed by atoms with Gasteiger partial charge in [0.05, 0.1) is 6.61 Å². The number of halogens is 2. The first kappa shape index (κ1) is 19.6. The van der Waals surface area contributed by atoms with E-state index in [1.54, 1.807) is 0 Å². The second kappa shape index (κ2) is 9.67. The highest BCUT2D eigenvalue weighted by atomic mass is 79.9. The molecule has 3 rings (SSSR count). The van der Waals surface area contributed by atoms with Gasteiger partial charge in [-0.05, 0) is 55.0 Å². The average Bonchev–Trinajstić information content (AvgIpc) is 2.68. The Balaban J connectivity index is 1.68. The fourth-order valence-corrected chi connectivity index (χ4v) is 3.05. The smallest absolute Gasteiger partial charge is 0.161 e. The zero-order valence-corrected chi connectivity index (χ0v) is 17.4. The molecule has 0 aliphatic rings. The molecule has 0 amide bonds. The van der Waals surface area contributed by atoms with E-state index in [-0.39, 0.29) is 0 Å². The monoisotopic (exact) mass is 445 g/mol. The van der Waals surface area contributed by atoms with Crippen LogP contribution < -0.4 is 14.8 Å². The fraction of sp³-hybridized carbons (Fsp3) is 0.182. The maximum absolute atomic E-state index is 6.20. The van der Waals surface area contributed by atoms with Gasteiger partial charge in [-0.1, -0.05) is 51.8 Å². The predicted octanol–water partition coefficient (Wildman–Crippen LogP) is 6.69. The molecule has 0 saturated carbocycles. The minimum Gasteiger partial charge on any atom is -0.490 e. The summed E-state index contributed by atoms with van der Waals surface area (Å²) in [7, 11) is 0. The number of ether oxygens (including phenoxy) is 2. The molecule has 0 aliphatic heterocycles. The maximum atomic E-state index is 6.20. The van der Waals surface area contributed by atoms with Crippen LogP contribution in [0.3, 0.4) is 0 Å². The second-order valence-corrected chi connectivity index (χ2v) is 7.28. The van der Waals surface area contributed by atoms with Crippen LogP contribution >= 0.6 is 27.5 Å². The van der Waals surface area contributed by atoms with Crippen molar-refractivity contribution >= 4 is 33.2 Å². The number of nitrogens with one attached hydrogen (secondary N) is 1. The topological polar surface area (TPSA) is 30.5 Å². The Hall–Kier alpha value is -2.17. The third-order valence-electron chi connectivity index (χ3n) is 3.99. The van der Waals surface area contributed by atoms with Crippen LogP contribution in [0.2, 0.25) is 5.02 Å². The number of hydrogen-bond acceptors (Lipinski definition) is 3. The summed E-state index contributed by atoms with van der Waals surface area (Å²) < 4.78 is 12.8. The molecule has 0 bridgehead atoms. The molecule has 0 spiro atoms. The first-order valence-corrected chi connectivity index (χ1v) is 9.94. The number of hydrogen-bond donors (Lipinski definition) is 1. The van der Waals surface area contributed by atoms with Gasteiger partial charge >= 0.3 is 0 Å². The zero-order chi connectivity index (χ0) is 19.1. The van der Waals surface area contributed by atoms with E-state index in [0.717, 1.165) is 27.0 Å². The average molecular weight is 447 g/mol. The van der Waals surface area contributed by atoms with Crippen LogP contribution in [0.15, 0.2) is 71.2 Å². The van der Waals surface area contributed by atoms with E-state index in [9.17, 15) is 0 Å². The molecule has 3 nitrogen and oxygen atoms in total. The molecular weight excluding hydrogens is 426 g/mol. The first-order chi connectivity index (χ1) is 13.2. The predicted molar refractivity (Wildman–Crippen MR) is 115 cm³/mol. The highest BCUT2D eigenvalue weighted by Gasteiger charge is 2.08. The molecule has 5 heteroatoms. The van der Waals surface area contributed by atoms with Crippen LogP contribution in [-0.4, -0.2) is 6.61 Å². The minimum absolute atomic E-state index is 0.399. The summed E-state index contributed by atoms with van der Waals surface area (Å²) in [6, 6.07) is 21.8.